The molecule has 1 atom stereocenters. The van der Waals surface area contributed by atoms with E-state index in [1.165, 1.54) is 0 Å². The molecule has 0 bridgehead atoms. The van der Waals surface area contributed by atoms with Crippen molar-refractivity contribution in [2.75, 3.05) is 5.75 Å². The summed E-state index contributed by atoms with van der Waals surface area (Å²) in [6.45, 7) is 0. The van der Waals surface area contributed by atoms with Gasteiger partial charge in [-0.2, -0.15) is 0 Å². The van der Waals surface area contributed by atoms with E-state index in [4.69, 9.17) is 11.6 Å². The lowest BCUT2D eigenvalue weighted by Crippen LogP contribution is -2.01. The number of rotatable bonds is 4. The van der Waals surface area contributed by atoms with Gasteiger partial charge < -0.3 is 5.11 Å². The normalized spacial score (nSPS) is 12.4. The summed E-state index contributed by atoms with van der Waals surface area (Å²) in [6.07, 6.45) is -0.512. The summed E-state index contributed by atoms with van der Waals surface area (Å²) in [7, 11) is 0. The molecule has 0 spiro atoms. The van der Waals surface area contributed by atoms with Crippen LogP contribution in [0.2, 0.25) is 5.02 Å². The summed E-state index contributed by atoms with van der Waals surface area (Å²) in [6, 6.07) is 15.4. The van der Waals surface area contributed by atoms with Crippen molar-refractivity contribution >= 4 is 39.3 Å². The van der Waals surface area contributed by atoms with Gasteiger partial charge in [0, 0.05) is 15.1 Å². The Labute approximate surface area is 124 Å². The van der Waals surface area contributed by atoms with Crippen molar-refractivity contribution in [1.82, 2.24) is 0 Å². The molecule has 0 aromatic heterocycles. The molecule has 1 nitrogen and oxygen atoms in total. The van der Waals surface area contributed by atoms with Gasteiger partial charge in [0.05, 0.1) is 11.1 Å². The third kappa shape index (κ3) is 3.51. The zero-order valence-corrected chi connectivity index (χ0v) is 12.7. The molecule has 0 radical (unpaired) electrons. The lowest BCUT2D eigenvalue weighted by atomic mass is 10.1. The van der Waals surface area contributed by atoms with Gasteiger partial charge >= 0.3 is 0 Å². The number of hydrogen-bond donors (Lipinski definition) is 1. The van der Waals surface area contributed by atoms with Crippen molar-refractivity contribution in [3.8, 4) is 0 Å². The van der Waals surface area contributed by atoms with Crippen molar-refractivity contribution in [2.24, 2.45) is 0 Å². The summed E-state index contributed by atoms with van der Waals surface area (Å²) in [4.78, 5) is 0.991. The van der Waals surface area contributed by atoms with Gasteiger partial charge in [0.25, 0.3) is 0 Å². The highest BCUT2D eigenvalue weighted by Crippen LogP contribution is 2.32. The molecule has 0 aliphatic carbocycles. The number of aliphatic hydroxyl groups excluding tert-OH is 1. The van der Waals surface area contributed by atoms with Crippen LogP contribution in [0.4, 0.5) is 0 Å². The highest BCUT2D eigenvalue weighted by Gasteiger charge is 2.11. The zero-order valence-electron chi connectivity index (χ0n) is 9.51. The van der Waals surface area contributed by atoms with Gasteiger partial charge in [-0.15, -0.1) is 11.8 Å². The molecular formula is C14H12BrClOS. The molecule has 1 N–H and O–H groups in total. The molecule has 0 amide bonds. The third-order valence-corrected chi connectivity index (χ3v) is 4.81. The largest absolute Gasteiger partial charge is 0.387 e. The molecule has 1 unspecified atom stereocenters. The highest BCUT2D eigenvalue weighted by molar-refractivity contribution is 9.10. The first-order valence-electron chi connectivity index (χ1n) is 5.48. The Balaban J connectivity index is 2.03. The van der Waals surface area contributed by atoms with E-state index < -0.39 is 6.10 Å². The quantitative estimate of drug-likeness (QED) is 0.794. The molecular weight excluding hydrogens is 332 g/mol. The Morgan fingerprint density at radius 3 is 2.50 bits per heavy atom. The van der Waals surface area contributed by atoms with Gasteiger partial charge in [-0.1, -0.05) is 57.9 Å². The summed E-state index contributed by atoms with van der Waals surface area (Å²) in [5, 5.41) is 10.9. The predicted octanol–water partition coefficient (Wildman–Crippen LogP) is 4.93. The maximum Gasteiger partial charge on any atom is 0.0894 e. The van der Waals surface area contributed by atoms with Crippen molar-refractivity contribution in [3.05, 3.63) is 63.6 Å². The Morgan fingerprint density at radius 1 is 1.11 bits per heavy atom. The topological polar surface area (TPSA) is 20.2 Å². The smallest absolute Gasteiger partial charge is 0.0894 e. The average Bonchev–Trinajstić information content (AvgIpc) is 2.38. The molecule has 0 aliphatic rings. The van der Waals surface area contributed by atoms with Crippen LogP contribution in [-0.4, -0.2) is 10.9 Å². The standard InChI is InChI=1S/C14H12BrClOS/c15-11-6-2-1-5-10(11)13(17)9-18-14-8-4-3-7-12(14)16/h1-8,13,17H,9H2. The van der Waals surface area contributed by atoms with Gasteiger partial charge in [-0.05, 0) is 23.8 Å². The molecule has 4 heteroatoms. The van der Waals surface area contributed by atoms with E-state index >= 15 is 0 Å². The molecule has 0 heterocycles. The maximum absolute atomic E-state index is 10.2. The molecule has 94 valence electrons. The SMILES string of the molecule is OC(CSc1ccccc1Cl)c1ccccc1Br. The van der Waals surface area contributed by atoms with Crippen LogP contribution in [-0.2, 0) is 0 Å². The van der Waals surface area contributed by atoms with Gasteiger partial charge in [0.1, 0.15) is 0 Å². The average molecular weight is 344 g/mol. The van der Waals surface area contributed by atoms with Gasteiger partial charge in [0.15, 0.2) is 0 Å². The van der Waals surface area contributed by atoms with Crippen molar-refractivity contribution < 1.29 is 5.11 Å². The van der Waals surface area contributed by atoms with Crippen molar-refractivity contribution in [3.63, 3.8) is 0 Å². The summed E-state index contributed by atoms with van der Waals surface area (Å²) in [5.74, 6) is 0.576. The number of thioether (sulfide) groups is 1. The van der Waals surface area contributed by atoms with E-state index in [1.54, 1.807) is 11.8 Å². The molecule has 0 aliphatic heterocycles. The Bertz CT molecular complexity index is 533. The van der Waals surface area contributed by atoms with Crippen LogP contribution in [0.3, 0.4) is 0 Å². The van der Waals surface area contributed by atoms with E-state index in [1.807, 2.05) is 48.5 Å². The van der Waals surface area contributed by atoms with Crippen LogP contribution in [0.5, 0.6) is 0 Å². The molecule has 0 fully saturated rings. The van der Waals surface area contributed by atoms with E-state index in [9.17, 15) is 5.11 Å². The van der Waals surface area contributed by atoms with Gasteiger partial charge in [-0.25, -0.2) is 0 Å². The van der Waals surface area contributed by atoms with Crippen LogP contribution >= 0.6 is 39.3 Å². The fourth-order valence-corrected chi connectivity index (χ4v) is 3.31. The molecule has 2 rings (SSSR count). The summed E-state index contributed by atoms with van der Waals surface area (Å²) >= 11 is 11.1. The lowest BCUT2D eigenvalue weighted by Gasteiger charge is -2.12. The first kappa shape index (κ1) is 13.9. The molecule has 2 aromatic carbocycles. The molecule has 2 aromatic rings. The van der Waals surface area contributed by atoms with Crippen LogP contribution in [0.25, 0.3) is 0 Å². The number of halogens is 2. The Morgan fingerprint density at radius 2 is 1.78 bits per heavy atom. The number of benzene rings is 2. The fourth-order valence-electron chi connectivity index (χ4n) is 1.57. The van der Waals surface area contributed by atoms with E-state index in [0.717, 1.165) is 20.0 Å². The monoisotopic (exact) mass is 342 g/mol. The number of aliphatic hydroxyl groups is 1. The summed E-state index contributed by atoms with van der Waals surface area (Å²) < 4.78 is 0.928. The van der Waals surface area contributed by atoms with Crippen molar-refractivity contribution in [1.29, 1.82) is 0 Å². The van der Waals surface area contributed by atoms with Gasteiger partial charge in [-0.3, -0.25) is 0 Å². The minimum Gasteiger partial charge on any atom is -0.387 e. The van der Waals surface area contributed by atoms with Crippen LogP contribution in [0, 0.1) is 0 Å². The maximum atomic E-state index is 10.2. The first-order chi connectivity index (χ1) is 8.68. The lowest BCUT2D eigenvalue weighted by molar-refractivity contribution is 0.203. The van der Waals surface area contributed by atoms with E-state index in [2.05, 4.69) is 15.9 Å². The summed E-state index contributed by atoms with van der Waals surface area (Å²) in [5.41, 5.74) is 0.900. The molecule has 0 saturated heterocycles. The third-order valence-electron chi connectivity index (χ3n) is 2.50. The van der Waals surface area contributed by atoms with Crippen LogP contribution < -0.4 is 0 Å². The molecule has 0 saturated carbocycles. The second-order valence-corrected chi connectivity index (χ2v) is 6.10. The minimum atomic E-state index is -0.512. The number of hydrogen-bond acceptors (Lipinski definition) is 2. The first-order valence-corrected chi connectivity index (χ1v) is 7.64. The zero-order chi connectivity index (χ0) is 13.0. The van der Waals surface area contributed by atoms with Crippen LogP contribution in [0.15, 0.2) is 57.9 Å². The Hall–Kier alpha value is -0.480. The minimum absolute atomic E-state index is 0.512. The Kier molecular flexibility index (Phi) is 5.13. The highest BCUT2D eigenvalue weighted by atomic mass is 79.9. The predicted molar refractivity (Wildman–Crippen MR) is 81.3 cm³/mol. The van der Waals surface area contributed by atoms with E-state index in [-0.39, 0.29) is 0 Å². The van der Waals surface area contributed by atoms with Gasteiger partial charge in [0.2, 0.25) is 0 Å². The van der Waals surface area contributed by atoms with Crippen LogP contribution in [0.1, 0.15) is 11.7 Å². The van der Waals surface area contributed by atoms with Crippen molar-refractivity contribution in [2.45, 2.75) is 11.0 Å². The second kappa shape index (κ2) is 6.62. The second-order valence-electron chi connectivity index (χ2n) is 3.78. The van der Waals surface area contributed by atoms with E-state index in [0.29, 0.717) is 5.75 Å². The fraction of sp³-hybridized carbons (Fsp3) is 0.143. The molecule has 18 heavy (non-hydrogen) atoms.